The molecular weight excluding hydrogens is 345 g/mol. The molecule has 1 aromatic heterocycles. The Balaban J connectivity index is 1.63. The molecule has 4 heterocycles. The van der Waals surface area contributed by atoms with Gasteiger partial charge in [0.25, 0.3) is 0 Å². The van der Waals surface area contributed by atoms with Gasteiger partial charge >= 0.3 is 0 Å². The van der Waals surface area contributed by atoms with Gasteiger partial charge in [-0.1, -0.05) is 11.6 Å². The van der Waals surface area contributed by atoms with E-state index in [0.717, 1.165) is 37.1 Å². The SMILES string of the molecule is NN1C=C(c2ncc(F)c(N[C@@H]3CCCNC3)n2)C2=CC(Cl)=CNC21. The molecule has 0 saturated carbocycles. The Morgan fingerprint density at radius 2 is 2.32 bits per heavy atom. The summed E-state index contributed by atoms with van der Waals surface area (Å²) in [5.41, 5.74) is 1.57. The van der Waals surface area contributed by atoms with E-state index in [1.54, 1.807) is 12.4 Å². The molecule has 7 nitrogen and oxygen atoms in total. The molecule has 0 spiro atoms. The van der Waals surface area contributed by atoms with E-state index in [4.69, 9.17) is 17.4 Å². The summed E-state index contributed by atoms with van der Waals surface area (Å²) in [5, 5.41) is 11.6. The third kappa shape index (κ3) is 3.20. The average molecular weight is 364 g/mol. The summed E-state index contributed by atoms with van der Waals surface area (Å²) in [6, 6.07) is 0.148. The number of halogens is 2. The van der Waals surface area contributed by atoms with Crippen LogP contribution >= 0.6 is 11.6 Å². The zero-order valence-electron chi connectivity index (χ0n) is 13.5. The minimum atomic E-state index is -0.470. The van der Waals surface area contributed by atoms with Gasteiger partial charge in [-0.25, -0.2) is 20.2 Å². The number of allylic oxidation sites excluding steroid dienone is 2. The van der Waals surface area contributed by atoms with Crippen LogP contribution in [0, 0.1) is 5.82 Å². The maximum Gasteiger partial charge on any atom is 0.183 e. The van der Waals surface area contributed by atoms with Crippen LogP contribution in [0.25, 0.3) is 5.57 Å². The summed E-state index contributed by atoms with van der Waals surface area (Å²) < 4.78 is 14.2. The van der Waals surface area contributed by atoms with Crippen molar-refractivity contribution in [3.8, 4) is 0 Å². The molecule has 132 valence electrons. The number of aromatic nitrogens is 2. The number of nitrogens with zero attached hydrogens (tertiary/aromatic N) is 3. The molecule has 2 atom stereocenters. The van der Waals surface area contributed by atoms with E-state index in [2.05, 4.69) is 25.9 Å². The van der Waals surface area contributed by atoms with Crippen LogP contribution in [0.5, 0.6) is 0 Å². The van der Waals surface area contributed by atoms with Gasteiger partial charge < -0.3 is 16.0 Å². The van der Waals surface area contributed by atoms with Gasteiger partial charge in [0.15, 0.2) is 17.5 Å². The molecule has 5 N–H and O–H groups in total. The van der Waals surface area contributed by atoms with Crippen LogP contribution < -0.4 is 21.8 Å². The lowest BCUT2D eigenvalue weighted by molar-refractivity contribution is 0.313. The van der Waals surface area contributed by atoms with Gasteiger partial charge in [-0.2, -0.15) is 0 Å². The summed E-state index contributed by atoms with van der Waals surface area (Å²) in [6.07, 6.45) is 8.20. The van der Waals surface area contributed by atoms with Gasteiger partial charge in [0.05, 0.1) is 11.2 Å². The fourth-order valence-electron chi connectivity index (χ4n) is 3.24. The summed E-state index contributed by atoms with van der Waals surface area (Å²) >= 11 is 6.08. The second-order valence-electron chi connectivity index (χ2n) is 6.27. The first-order valence-electron chi connectivity index (χ1n) is 8.20. The maximum absolute atomic E-state index is 14.2. The third-order valence-corrected chi connectivity index (χ3v) is 4.70. The first kappa shape index (κ1) is 16.3. The summed E-state index contributed by atoms with van der Waals surface area (Å²) in [6.45, 7) is 1.78. The number of hydrazine groups is 1. The topological polar surface area (TPSA) is 91.1 Å². The fraction of sp³-hybridized carbons (Fsp3) is 0.375. The molecule has 0 amide bonds. The highest BCUT2D eigenvalue weighted by molar-refractivity contribution is 6.31. The minimum absolute atomic E-state index is 0.148. The number of dihydropyridines is 1. The van der Waals surface area contributed by atoms with Crippen molar-refractivity contribution in [2.24, 2.45) is 5.84 Å². The molecule has 9 heteroatoms. The van der Waals surface area contributed by atoms with Crippen LogP contribution in [0.4, 0.5) is 10.2 Å². The normalized spacial score (nSPS) is 25.6. The summed E-state index contributed by atoms with van der Waals surface area (Å²) in [7, 11) is 0. The smallest absolute Gasteiger partial charge is 0.183 e. The highest BCUT2D eigenvalue weighted by Crippen LogP contribution is 2.34. The Kier molecular flexibility index (Phi) is 4.32. The van der Waals surface area contributed by atoms with Crippen molar-refractivity contribution in [3.05, 3.63) is 46.9 Å². The van der Waals surface area contributed by atoms with Crippen molar-refractivity contribution in [2.45, 2.75) is 25.0 Å². The van der Waals surface area contributed by atoms with Crippen molar-refractivity contribution in [3.63, 3.8) is 0 Å². The molecule has 3 aliphatic heterocycles. The Morgan fingerprint density at radius 1 is 1.44 bits per heavy atom. The largest absolute Gasteiger partial charge is 0.365 e. The summed E-state index contributed by atoms with van der Waals surface area (Å²) in [5.74, 6) is 6.15. The van der Waals surface area contributed by atoms with Crippen molar-refractivity contribution in [1.29, 1.82) is 0 Å². The van der Waals surface area contributed by atoms with E-state index < -0.39 is 5.82 Å². The monoisotopic (exact) mass is 363 g/mol. The lowest BCUT2D eigenvalue weighted by Gasteiger charge is -2.25. The first-order chi connectivity index (χ1) is 12.1. The van der Waals surface area contributed by atoms with Crippen LogP contribution in [0.15, 0.2) is 35.3 Å². The van der Waals surface area contributed by atoms with E-state index in [-0.39, 0.29) is 18.0 Å². The van der Waals surface area contributed by atoms with Gasteiger partial charge in [-0.05, 0) is 25.5 Å². The molecule has 1 fully saturated rings. The van der Waals surface area contributed by atoms with Gasteiger partial charge in [0.1, 0.15) is 6.17 Å². The van der Waals surface area contributed by atoms with E-state index in [9.17, 15) is 4.39 Å². The highest BCUT2D eigenvalue weighted by Gasteiger charge is 2.32. The van der Waals surface area contributed by atoms with Crippen LogP contribution in [0.1, 0.15) is 18.7 Å². The van der Waals surface area contributed by atoms with E-state index in [1.165, 1.54) is 11.2 Å². The lowest BCUT2D eigenvalue weighted by Crippen LogP contribution is -2.43. The van der Waals surface area contributed by atoms with E-state index in [0.29, 0.717) is 10.9 Å². The Morgan fingerprint density at radius 3 is 3.12 bits per heavy atom. The van der Waals surface area contributed by atoms with Crippen molar-refractivity contribution in [1.82, 2.24) is 25.6 Å². The quantitative estimate of drug-likeness (QED) is 0.601. The molecule has 1 saturated heterocycles. The molecule has 1 aromatic rings. The lowest BCUT2D eigenvalue weighted by atomic mass is 10.0. The van der Waals surface area contributed by atoms with Crippen molar-refractivity contribution < 1.29 is 4.39 Å². The Hall–Kier alpha value is -2.16. The fourth-order valence-corrected chi connectivity index (χ4v) is 3.42. The number of hydrogen-bond acceptors (Lipinski definition) is 7. The van der Waals surface area contributed by atoms with Crippen LogP contribution in [0.3, 0.4) is 0 Å². The number of rotatable bonds is 3. The van der Waals surface area contributed by atoms with Crippen LogP contribution in [-0.4, -0.2) is 40.3 Å². The third-order valence-electron chi connectivity index (χ3n) is 4.48. The average Bonchev–Trinajstić information content (AvgIpc) is 2.94. The number of hydrogen-bond donors (Lipinski definition) is 4. The first-order valence-corrected chi connectivity index (χ1v) is 8.58. The number of piperidine rings is 1. The van der Waals surface area contributed by atoms with E-state index in [1.807, 2.05) is 6.08 Å². The zero-order chi connectivity index (χ0) is 17.4. The highest BCUT2D eigenvalue weighted by atomic mass is 35.5. The van der Waals surface area contributed by atoms with Gasteiger partial charge in [-0.15, -0.1) is 0 Å². The minimum Gasteiger partial charge on any atom is -0.365 e. The number of nitrogens with one attached hydrogen (secondary N) is 3. The number of nitrogens with two attached hydrogens (primary N) is 1. The van der Waals surface area contributed by atoms with Crippen LogP contribution in [0.2, 0.25) is 0 Å². The van der Waals surface area contributed by atoms with Gasteiger partial charge in [-0.3, -0.25) is 5.01 Å². The molecule has 0 aromatic carbocycles. The van der Waals surface area contributed by atoms with E-state index >= 15 is 0 Å². The van der Waals surface area contributed by atoms with Gasteiger partial charge in [0, 0.05) is 36.1 Å². The van der Waals surface area contributed by atoms with Crippen molar-refractivity contribution >= 4 is 23.0 Å². The van der Waals surface area contributed by atoms with Gasteiger partial charge in [0.2, 0.25) is 0 Å². The number of fused-ring (bicyclic) bond motifs is 1. The standard InChI is InChI=1S/C16H19ClFN7/c17-9-4-11-12(8-25(19)16(11)22-5-9)14-21-7-13(18)15(24-14)23-10-2-1-3-20-6-10/h4-5,7-8,10,16,20,22H,1-3,6,19H2,(H,21,23,24)/t10-,16?/m1/s1. The predicted octanol–water partition coefficient (Wildman–Crippen LogP) is 1.25. The number of anilines is 1. The Bertz CT molecular complexity index is 770. The molecule has 0 aliphatic carbocycles. The second kappa shape index (κ2) is 6.62. The molecule has 0 radical (unpaired) electrons. The predicted molar refractivity (Wildman–Crippen MR) is 94.5 cm³/mol. The molecule has 25 heavy (non-hydrogen) atoms. The molecule has 3 aliphatic rings. The zero-order valence-corrected chi connectivity index (χ0v) is 14.2. The second-order valence-corrected chi connectivity index (χ2v) is 6.70. The van der Waals surface area contributed by atoms with Crippen LogP contribution in [-0.2, 0) is 0 Å². The summed E-state index contributed by atoms with van der Waals surface area (Å²) in [4.78, 5) is 8.53. The molecular formula is C16H19ClFN7. The molecule has 0 bridgehead atoms. The Labute approximate surface area is 149 Å². The van der Waals surface area contributed by atoms with Crippen molar-refractivity contribution in [2.75, 3.05) is 18.4 Å². The maximum atomic E-state index is 14.2. The molecule has 1 unspecified atom stereocenters. The molecule has 4 rings (SSSR count).